The second kappa shape index (κ2) is 7.78. The summed E-state index contributed by atoms with van der Waals surface area (Å²) in [7, 11) is 0. The zero-order chi connectivity index (χ0) is 19.7. The maximum Gasteiger partial charge on any atom is 0.222 e. The highest BCUT2D eigenvalue weighted by Gasteiger charge is 2.33. The lowest BCUT2D eigenvalue weighted by atomic mass is 10.0. The monoisotopic (exact) mass is 375 g/mol. The number of carbonyl (C=O) groups excluding carboxylic acids is 1. The van der Waals surface area contributed by atoms with E-state index in [9.17, 15) is 4.79 Å². The molecule has 1 fully saturated rings. The molecule has 0 bridgehead atoms. The van der Waals surface area contributed by atoms with E-state index in [-0.39, 0.29) is 11.9 Å². The first-order valence-electron chi connectivity index (χ1n) is 10.4. The molecule has 0 aliphatic carbocycles. The van der Waals surface area contributed by atoms with Crippen LogP contribution in [0.3, 0.4) is 0 Å². The zero-order valence-corrected chi connectivity index (χ0v) is 17.1. The molecule has 4 rings (SSSR count). The van der Waals surface area contributed by atoms with Gasteiger partial charge in [-0.1, -0.05) is 57.2 Å². The minimum Gasteiger partial charge on any atom is -0.333 e. The van der Waals surface area contributed by atoms with Crippen LogP contribution in [0.5, 0.6) is 0 Å². The van der Waals surface area contributed by atoms with Crippen LogP contribution >= 0.6 is 0 Å². The lowest BCUT2D eigenvalue weighted by molar-refractivity contribution is -0.131. The molecule has 3 aromatic rings. The first-order valence-corrected chi connectivity index (χ1v) is 10.4. The highest BCUT2D eigenvalue weighted by atomic mass is 16.2. The molecule has 1 aliphatic heterocycles. The van der Waals surface area contributed by atoms with Gasteiger partial charge in [-0.05, 0) is 42.0 Å². The van der Waals surface area contributed by atoms with Crippen molar-refractivity contribution >= 4 is 16.9 Å². The molecule has 1 aromatic heterocycles. The topological polar surface area (TPSA) is 38.1 Å². The number of amides is 1. The van der Waals surface area contributed by atoms with Crippen molar-refractivity contribution in [1.82, 2.24) is 14.5 Å². The van der Waals surface area contributed by atoms with Crippen molar-refractivity contribution in [1.29, 1.82) is 0 Å². The van der Waals surface area contributed by atoms with Crippen LogP contribution in [0, 0.1) is 0 Å². The summed E-state index contributed by atoms with van der Waals surface area (Å²) in [4.78, 5) is 19.5. The van der Waals surface area contributed by atoms with Crippen molar-refractivity contribution in [3.8, 4) is 0 Å². The highest BCUT2D eigenvalue weighted by Crippen LogP contribution is 2.34. The Bertz CT molecular complexity index is 971. The quantitative estimate of drug-likeness (QED) is 0.608. The molecule has 0 radical (unpaired) electrons. The average Bonchev–Trinajstić information content (AvgIpc) is 3.33. The molecule has 146 valence electrons. The molecule has 0 N–H and O–H groups in total. The van der Waals surface area contributed by atoms with Crippen molar-refractivity contribution < 1.29 is 4.79 Å². The Morgan fingerprint density at radius 2 is 1.89 bits per heavy atom. The summed E-state index contributed by atoms with van der Waals surface area (Å²) in [5.74, 6) is 1.78. The number of imidazole rings is 1. The maximum atomic E-state index is 12.5. The van der Waals surface area contributed by atoms with Crippen LogP contribution in [0.2, 0.25) is 0 Å². The van der Waals surface area contributed by atoms with E-state index in [1.807, 2.05) is 17.9 Å². The van der Waals surface area contributed by atoms with Gasteiger partial charge in [0.25, 0.3) is 0 Å². The van der Waals surface area contributed by atoms with Gasteiger partial charge in [-0.15, -0.1) is 0 Å². The van der Waals surface area contributed by atoms with Gasteiger partial charge in [0.15, 0.2) is 0 Å². The third-order valence-corrected chi connectivity index (χ3v) is 5.84. The summed E-state index contributed by atoms with van der Waals surface area (Å²) in [6.45, 7) is 7.99. The standard InChI is InChI=1S/C24H29N3O/c1-4-23(28)26-15-7-10-22(26)24-25-20-8-5-6-9-21(20)27(24)16-18-11-13-19(14-12-18)17(2)3/h5-6,8-9,11-14,17,22H,4,7,10,15-16H2,1-3H3/t22-/m1/s1. The number of rotatable bonds is 5. The number of fused-ring (bicyclic) bond motifs is 1. The van der Waals surface area contributed by atoms with Crippen LogP contribution in [0.1, 0.15) is 68.9 Å². The molecular weight excluding hydrogens is 346 g/mol. The van der Waals surface area contributed by atoms with E-state index in [2.05, 4.69) is 60.9 Å². The van der Waals surface area contributed by atoms with E-state index >= 15 is 0 Å². The van der Waals surface area contributed by atoms with Crippen molar-refractivity contribution in [2.45, 2.75) is 58.5 Å². The fourth-order valence-electron chi connectivity index (χ4n) is 4.24. The molecule has 4 nitrogen and oxygen atoms in total. The van der Waals surface area contributed by atoms with Crippen molar-refractivity contribution in [3.63, 3.8) is 0 Å². The number of likely N-dealkylation sites (tertiary alicyclic amines) is 1. The van der Waals surface area contributed by atoms with Crippen LogP contribution in [-0.2, 0) is 11.3 Å². The van der Waals surface area contributed by atoms with Gasteiger partial charge < -0.3 is 9.47 Å². The average molecular weight is 376 g/mol. The number of hydrogen-bond donors (Lipinski definition) is 0. The molecule has 1 aliphatic rings. The predicted octanol–water partition coefficient (Wildman–Crippen LogP) is 5.28. The van der Waals surface area contributed by atoms with E-state index in [4.69, 9.17) is 4.98 Å². The van der Waals surface area contributed by atoms with Crippen LogP contribution in [0.15, 0.2) is 48.5 Å². The summed E-state index contributed by atoms with van der Waals surface area (Å²) in [6, 6.07) is 17.3. The number of benzene rings is 2. The Labute approximate surface area is 167 Å². The van der Waals surface area contributed by atoms with E-state index in [1.165, 1.54) is 11.1 Å². The van der Waals surface area contributed by atoms with E-state index in [0.717, 1.165) is 42.8 Å². The predicted molar refractivity (Wildman–Crippen MR) is 113 cm³/mol. The molecule has 1 saturated heterocycles. The van der Waals surface area contributed by atoms with Gasteiger partial charge in [0, 0.05) is 19.5 Å². The lowest BCUT2D eigenvalue weighted by Gasteiger charge is -2.25. The molecule has 4 heteroatoms. The van der Waals surface area contributed by atoms with Gasteiger partial charge in [-0.2, -0.15) is 0 Å². The molecule has 0 spiro atoms. The van der Waals surface area contributed by atoms with Crippen LogP contribution in [0.25, 0.3) is 11.0 Å². The third-order valence-electron chi connectivity index (χ3n) is 5.84. The first kappa shape index (κ1) is 18.7. The van der Waals surface area contributed by atoms with Crippen molar-refractivity contribution in [3.05, 3.63) is 65.5 Å². The van der Waals surface area contributed by atoms with Crippen LogP contribution < -0.4 is 0 Å². The minimum atomic E-state index is 0.0785. The number of carbonyl (C=O) groups is 1. The van der Waals surface area contributed by atoms with E-state index in [0.29, 0.717) is 12.3 Å². The molecule has 0 saturated carbocycles. The van der Waals surface area contributed by atoms with Gasteiger partial charge in [0.2, 0.25) is 5.91 Å². The van der Waals surface area contributed by atoms with Gasteiger partial charge in [0.1, 0.15) is 5.82 Å². The number of hydrogen-bond acceptors (Lipinski definition) is 2. The SMILES string of the molecule is CCC(=O)N1CCC[C@@H]1c1nc2ccccc2n1Cc1ccc(C(C)C)cc1. The third kappa shape index (κ3) is 3.44. The maximum absolute atomic E-state index is 12.5. The Morgan fingerprint density at radius 1 is 1.14 bits per heavy atom. The molecule has 0 unspecified atom stereocenters. The Balaban J connectivity index is 1.74. The lowest BCUT2D eigenvalue weighted by Crippen LogP contribution is -2.31. The number of aromatic nitrogens is 2. The van der Waals surface area contributed by atoms with Gasteiger partial charge in [-0.25, -0.2) is 4.98 Å². The van der Waals surface area contributed by atoms with E-state index in [1.54, 1.807) is 0 Å². The van der Waals surface area contributed by atoms with Gasteiger partial charge >= 0.3 is 0 Å². The second-order valence-corrected chi connectivity index (χ2v) is 8.04. The summed E-state index contributed by atoms with van der Waals surface area (Å²) in [6.07, 6.45) is 2.58. The van der Waals surface area contributed by atoms with Crippen LogP contribution in [-0.4, -0.2) is 26.9 Å². The van der Waals surface area contributed by atoms with Gasteiger partial charge in [-0.3, -0.25) is 4.79 Å². The smallest absolute Gasteiger partial charge is 0.222 e. The molecule has 1 atom stereocenters. The summed E-state index contributed by atoms with van der Waals surface area (Å²) in [5.41, 5.74) is 4.77. The highest BCUT2D eigenvalue weighted by molar-refractivity contribution is 5.78. The second-order valence-electron chi connectivity index (χ2n) is 8.04. The molecule has 1 amide bonds. The fraction of sp³-hybridized carbons (Fsp3) is 0.417. The summed E-state index contributed by atoms with van der Waals surface area (Å²) >= 11 is 0. The number of para-hydroxylation sites is 2. The van der Waals surface area contributed by atoms with Crippen molar-refractivity contribution in [2.75, 3.05) is 6.54 Å². The Morgan fingerprint density at radius 3 is 2.61 bits per heavy atom. The fourth-order valence-corrected chi connectivity index (χ4v) is 4.24. The van der Waals surface area contributed by atoms with E-state index < -0.39 is 0 Å². The first-order chi connectivity index (χ1) is 13.6. The molecule has 28 heavy (non-hydrogen) atoms. The summed E-state index contributed by atoms with van der Waals surface area (Å²) < 4.78 is 2.31. The Hall–Kier alpha value is -2.62. The molecule has 2 heterocycles. The Kier molecular flexibility index (Phi) is 5.21. The largest absolute Gasteiger partial charge is 0.333 e. The summed E-state index contributed by atoms with van der Waals surface area (Å²) in [5, 5.41) is 0. The van der Waals surface area contributed by atoms with Gasteiger partial charge in [0.05, 0.1) is 17.1 Å². The zero-order valence-electron chi connectivity index (χ0n) is 17.1. The van der Waals surface area contributed by atoms with Crippen LogP contribution in [0.4, 0.5) is 0 Å². The number of nitrogens with zero attached hydrogens (tertiary/aromatic N) is 3. The minimum absolute atomic E-state index is 0.0785. The molecular formula is C24H29N3O. The molecule has 2 aromatic carbocycles. The van der Waals surface area contributed by atoms with Crippen molar-refractivity contribution in [2.24, 2.45) is 0 Å². The normalized spacial score (nSPS) is 17.0.